The molecule has 2 aromatic rings. The van der Waals surface area contributed by atoms with Gasteiger partial charge in [0.15, 0.2) is 5.78 Å². The molecular weight excluding hydrogens is 391 g/mol. The predicted octanol–water partition coefficient (Wildman–Crippen LogP) is 4.79. The first-order valence-corrected chi connectivity index (χ1v) is 9.21. The van der Waals surface area contributed by atoms with E-state index in [9.17, 15) is 14.9 Å². The molecule has 0 spiro atoms. The molecule has 5 nitrogen and oxygen atoms in total. The summed E-state index contributed by atoms with van der Waals surface area (Å²) in [6.45, 7) is 0.303. The van der Waals surface area contributed by atoms with E-state index in [1.165, 1.54) is 29.2 Å². The zero-order valence-corrected chi connectivity index (χ0v) is 16.1. The first-order valence-electron chi connectivity index (χ1n) is 6.82. The molecule has 1 aromatic heterocycles. The van der Waals surface area contributed by atoms with Crippen molar-refractivity contribution in [1.82, 2.24) is 4.90 Å². The van der Waals surface area contributed by atoms with E-state index in [4.69, 9.17) is 23.2 Å². The number of hydrogen-bond donors (Lipinski definition) is 0. The van der Waals surface area contributed by atoms with Gasteiger partial charge in [0.05, 0.1) is 16.5 Å². The standard InChI is InChI=1S/C15H14Cl2N2O3S2/c1-18(2)8-10(20)6-11-7-13(19(21)22)15(23-11)24-14-4-3-9(16)5-12(14)17/h3-5,7H,6,8H2,1-2H3. The molecule has 0 unspecified atom stereocenters. The number of carbonyl (C=O) groups is 1. The molecule has 0 bridgehead atoms. The van der Waals surface area contributed by atoms with Crippen LogP contribution in [0.4, 0.5) is 5.69 Å². The van der Waals surface area contributed by atoms with Crippen molar-refractivity contribution in [2.24, 2.45) is 0 Å². The molecule has 0 fully saturated rings. The molecular formula is C15H14Cl2N2O3S2. The number of ketones is 1. The van der Waals surface area contributed by atoms with E-state index >= 15 is 0 Å². The highest BCUT2D eigenvalue weighted by Gasteiger charge is 2.22. The van der Waals surface area contributed by atoms with Crippen LogP contribution in [-0.4, -0.2) is 36.2 Å². The molecule has 0 aliphatic rings. The Morgan fingerprint density at radius 2 is 2.04 bits per heavy atom. The third kappa shape index (κ3) is 5.19. The molecule has 0 amide bonds. The van der Waals surface area contributed by atoms with Crippen LogP contribution in [0.3, 0.4) is 0 Å². The van der Waals surface area contributed by atoms with Crippen LogP contribution < -0.4 is 0 Å². The summed E-state index contributed by atoms with van der Waals surface area (Å²) in [7, 11) is 3.61. The Labute approximate surface area is 157 Å². The van der Waals surface area contributed by atoms with Gasteiger partial charge < -0.3 is 4.90 Å². The molecule has 0 radical (unpaired) electrons. The lowest BCUT2D eigenvalue weighted by atomic mass is 10.2. The highest BCUT2D eigenvalue weighted by molar-refractivity contribution is 8.01. The Morgan fingerprint density at radius 1 is 1.33 bits per heavy atom. The lowest BCUT2D eigenvalue weighted by molar-refractivity contribution is -0.387. The smallest absolute Gasteiger partial charge is 0.294 e. The van der Waals surface area contributed by atoms with Gasteiger partial charge in [0.2, 0.25) is 0 Å². The van der Waals surface area contributed by atoms with Gasteiger partial charge in [0, 0.05) is 27.3 Å². The van der Waals surface area contributed by atoms with Crippen molar-refractivity contribution in [2.45, 2.75) is 15.5 Å². The van der Waals surface area contributed by atoms with Crippen LogP contribution in [0.5, 0.6) is 0 Å². The first-order chi connectivity index (χ1) is 11.3. The monoisotopic (exact) mass is 404 g/mol. The molecule has 0 atom stereocenters. The molecule has 0 N–H and O–H groups in total. The number of carbonyl (C=O) groups excluding carboxylic acids is 1. The van der Waals surface area contributed by atoms with Gasteiger partial charge in [0.25, 0.3) is 5.69 Å². The van der Waals surface area contributed by atoms with E-state index in [0.29, 0.717) is 30.6 Å². The third-order valence-electron chi connectivity index (χ3n) is 2.89. The van der Waals surface area contributed by atoms with Crippen molar-refractivity contribution >= 4 is 57.8 Å². The van der Waals surface area contributed by atoms with E-state index < -0.39 is 4.92 Å². The van der Waals surface area contributed by atoms with Gasteiger partial charge in [-0.3, -0.25) is 14.9 Å². The second kappa shape index (κ2) is 8.31. The fraction of sp³-hybridized carbons (Fsp3) is 0.267. The summed E-state index contributed by atoms with van der Waals surface area (Å²) in [5.74, 6) is 0.0113. The van der Waals surface area contributed by atoms with Crippen molar-refractivity contribution in [1.29, 1.82) is 0 Å². The Bertz CT molecular complexity index is 778. The Balaban J connectivity index is 2.25. The highest BCUT2D eigenvalue weighted by atomic mass is 35.5. The predicted molar refractivity (Wildman–Crippen MR) is 98.8 cm³/mol. The van der Waals surface area contributed by atoms with Crippen molar-refractivity contribution in [3.63, 3.8) is 0 Å². The van der Waals surface area contributed by atoms with Gasteiger partial charge in [-0.05, 0) is 32.3 Å². The highest BCUT2D eigenvalue weighted by Crippen LogP contribution is 2.44. The second-order valence-electron chi connectivity index (χ2n) is 5.27. The van der Waals surface area contributed by atoms with Gasteiger partial charge in [-0.25, -0.2) is 0 Å². The number of benzene rings is 1. The number of halogens is 2. The van der Waals surface area contributed by atoms with Crippen LogP contribution in [0.2, 0.25) is 10.0 Å². The second-order valence-corrected chi connectivity index (χ2v) is 8.56. The maximum Gasteiger partial charge on any atom is 0.294 e. The number of nitro groups is 1. The maximum atomic E-state index is 11.9. The zero-order valence-electron chi connectivity index (χ0n) is 12.9. The van der Waals surface area contributed by atoms with Gasteiger partial charge in [-0.15, -0.1) is 11.3 Å². The van der Waals surface area contributed by atoms with E-state index in [-0.39, 0.29) is 17.9 Å². The summed E-state index contributed by atoms with van der Waals surface area (Å²) in [6.07, 6.45) is 0.179. The largest absolute Gasteiger partial charge is 0.302 e. The van der Waals surface area contributed by atoms with Crippen molar-refractivity contribution in [2.75, 3.05) is 20.6 Å². The molecule has 0 saturated carbocycles. The summed E-state index contributed by atoms with van der Waals surface area (Å²) in [5, 5.41) is 12.2. The fourth-order valence-electron chi connectivity index (χ4n) is 1.96. The minimum absolute atomic E-state index is 0.0105. The summed E-state index contributed by atoms with van der Waals surface area (Å²) < 4.78 is 0.497. The first kappa shape index (κ1) is 19.2. The Kier molecular flexibility index (Phi) is 6.65. The van der Waals surface area contributed by atoms with Crippen LogP contribution in [0, 0.1) is 10.1 Å². The number of rotatable bonds is 7. The number of Topliss-reactive ketones (excluding diaryl/α,β-unsaturated/α-hetero) is 1. The van der Waals surface area contributed by atoms with Crippen LogP contribution in [0.1, 0.15) is 4.88 Å². The number of thiophene rings is 1. The molecule has 0 aliphatic heterocycles. The summed E-state index contributed by atoms with van der Waals surface area (Å²) in [6, 6.07) is 6.45. The third-order valence-corrected chi connectivity index (χ3v) is 5.94. The van der Waals surface area contributed by atoms with E-state index in [0.717, 1.165) is 0 Å². The van der Waals surface area contributed by atoms with E-state index in [1.54, 1.807) is 37.2 Å². The van der Waals surface area contributed by atoms with E-state index in [1.807, 2.05) is 0 Å². The molecule has 1 heterocycles. The van der Waals surface area contributed by atoms with Gasteiger partial charge in [-0.1, -0.05) is 35.0 Å². The topological polar surface area (TPSA) is 63.5 Å². The fourth-order valence-corrected chi connectivity index (χ4v) is 4.85. The molecule has 2 rings (SSSR count). The molecule has 9 heteroatoms. The maximum absolute atomic E-state index is 11.9. The lowest BCUT2D eigenvalue weighted by Crippen LogP contribution is -2.22. The van der Waals surface area contributed by atoms with Crippen molar-refractivity contribution in [3.05, 3.63) is 49.3 Å². The minimum atomic E-state index is -0.442. The van der Waals surface area contributed by atoms with Crippen molar-refractivity contribution in [3.8, 4) is 0 Å². The average molecular weight is 405 g/mol. The molecule has 0 aliphatic carbocycles. The summed E-state index contributed by atoms with van der Waals surface area (Å²) in [5.41, 5.74) is -0.0105. The zero-order chi connectivity index (χ0) is 17.9. The van der Waals surface area contributed by atoms with Gasteiger partial charge in [0.1, 0.15) is 4.21 Å². The summed E-state index contributed by atoms with van der Waals surface area (Å²) >= 11 is 14.4. The Morgan fingerprint density at radius 3 is 2.62 bits per heavy atom. The molecule has 128 valence electrons. The molecule has 24 heavy (non-hydrogen) atoms. The minimum Gasteiger partial charge on any atom is -0.302 e. The van der Waals surface area contributed by atoms with Gasteiger partial charge >= 0.3 is 0 Å². The van der Waals surface area contributed by atoms with Crippen LogP contribution >= 0.6 is 46.3 Å². The van der Waals surface area contributed by atoms with Crippen LogP contribution in [0.25, 0.3) is 0 Å². The van der Waals surface area contributed by atoms with Crippen LogP contribution in [-0.2, 0) is 11.2 Å². The lowest BCUT2D eigenvalue weighted by Gasteiger charge is -2.06. The quantitative estimate of drug-likeness (QED) is 0.490. The number of likely N-dealkylation sites (N-methyl/N-ethyl adjacent to an activating group) is 1. The summed E-state index contributed by atoms with van der Waals surface area (Å²) in [4.78, 5) is 25.9. The van der Waals surface area contributed by atoms with E-state index in [2.05, 4.69) is 0 Å². The normalized spacial score (nSPS) is 11.0. The van der Waals surface area contributed by atoms with Gasteiger partial charge in [-0.2, -0.15) is 0 Å². The SMILES string of the molecule is CN(C)CC(=O)Cc1cc([N+](=O)[O-])c(Sc2ccc(Cl)cc2Cl)s1. The van der Waals surface area contributed by atoms with Crippen LogP contribution in [0.15, 0.2) is 33.4 Å². The number of hydrogen-bond acceptors (Lipinski definition) is 6. The van der Waals surface area contributed by atoms with Crippen molar-refractivity contribution < 1.29 is 9.72 Å². The molecule has 1 aromatic carbocycles. The Hall–Kier alpha value is -1.12. The number of nitrogens with zero attached hydrogens (tertiary/aromatic N) is 2. The average Bonchev–Trinajstić information content (AvgIpc) is 2.83. The molecule has 0 saturated heterocycles.